The molecule has 0 aromatic rings. The van der Waals surface area contributed by atoms with Crippen molar-refractivity contribution in [2.24, 2.45) is 0 Å². The van der Waals surface area contributed by atoms with Crippen molar-refractivity contribution in [2.45, 2.75) is 20.8 Å². The Labute approximate surface area is 89.2 Å². The Morgan fingerprint density at radius 2 is 1.77 bits per heavy atom. The summed E-state index contributed by atoms with van der Waals surface area (Å²) in [4.78, 5) is 1.85. The fraction of sp³-hybridized carbons (Fsp3) is 0.857. The summed E-state index contributed by atoms with van der Waals surface area (Å²) >= 11 is 5.00. The molecule has 0 atom stereocenters. The zero-order valence-electron chi connectivity index (χ0n) is 8.11. The van der Waals surface area contributed by atoms with Crippen LogP contribution in [0.25, 0.3) is 0 Å². The van der Waals surface area contributed by atoms with Gasteiger partial charge in [-0.05, 0) is 13.8 Å². The minimum Gasteiger partial charge on any atom is -0.357 e. The monoisotopic (exact) mass is 241 g/mol. The van der Waals surface area contributed by atoms with Crippen molar-refractivity contribution in [3.63, 3.8) is 0 Å². The molecule has 6 heteroatoms. The number of nitrogens with zero attached hydrogens (tertiary/aromatic N) is 1. The molecule has 0 fully saturated rings. The molecule has 78 valence electrons. The minimum absolute atomic E-state index is 0.124. The number of rotatable bonds is 4. The molecular weight excluding hydrogens is 226 g/mol. The molecule has 0 spiro atoms. The molecule has 0 N–H and O–H groups in total. The molecule has 0 saturated carbocycles. The molecule has 0 aromatic carbocycles. The van der Waals surface area contributed by atoms with Gasteiger partial charge in [-0.3, -0.25) is 0 Å². The lowest BCUT2D eigenvalue weighted by molar-refractivity contribution is 0.482. The van der Waals surface area contributed by atoms with Gasteiger partial charge in [0.2, 0.25) is 8.87 Å². The van der Waals surface area contributed by atoms with Crippen molar-refractivity contribution in [1.29, 1.82) is 0 Å². The third-order valence-corrected chi connectivity index (χ3v) is 5.70. The second-order valence-corrected chi connectivity index (χ2v) is 7.28. The first-order chi connectivity index (χ1) is 5.96. The molecule has 0 aliphatic heterocycles. The van der Waals surface area contributed by atoms with Crippen LogP contribution in [0.5, 0.6) is 0 Å². The first-order valence-corrected chi connectivity index (χ1v) is 7.57. The Morgan fingerprint density at radius 3 is 2.08 bits per heavy atom. The lowest BCUT2D eigenvalue weighted by Gasteiger charge is -2.20. The maximum Gasteiger partial charge on any atom is 0.208 e. The van der Waals surface area contributed by atoms with Gasteiger partial charge in [-0.25, -0.2) is 8.42 Å². The second kappa shape index (κ2) is 5.82. The van der Waals surface area contributed by atoms with Gasteiger partial charge in [0.15, 0.2) is 4.32 Å². The van der Waals surface area contributed by atoms with Crippen LogP contribution in [0.1, 0.15) is 20.8 Å². The van der Waals surface area contributed by atoms with Crippen LogP contribution in [0.2, 0.25) is 0 Å². The fourth-order valence-electron chi connectivity index (χ4n) is 0.702. The maximum absolute atomic E-state index is 11.2. The van der Waals surface area contributed by atoms with Gasteiger partial charge in [-0.15, -0.1) is 0 Å². The molecule has 0 rings (SSSR count). The van der Waals surface area contributed by atoms with Gasteiger partial charge in [0.25, 0.3) is 0 Å². The average molecular weight is 241 g/mol. The van der Waals surface area contributed by atoms with Gasteiger partial charge < -0.3 is 4.90 Å². The van der Waals surface area contributed by atoms with Crippen molar-refractivity contribution in [3.8, 4) is 0 Å². The van der Waals surface area contributed by atoms with E-state index in [0.717, 1.165) is 23.9 Å². The van der Waals surface area contributed by atoms with Crippen LogP contribution in [-0.4, -0.2) is 36.5 Å². The van der Waals surface area contributed by atoms with Crippen LogP contribution in [0, 0.1) is 0 Å². The summed E-state index contributed by atoms with van der Waals surface area (Å²) in [7, 11) is -2.26. The van der Waals surface area contributed by atoms with Gasteiger partial charge in [0, 0.05) is 23.9 Å². The molecule has 0 aliphatic carbocycles. The Morgan fingerprint density at radius 1 is 1.31 bits per heavy atom. The van der Waals surface area contributed by atoms with Crippen LogP contribution >= 0.6 is 23.0 Å². The van der Waals surface area contributed by atoms with E-state index in [2.05, 4.69) is 0 Å². The van der Waals surface area contributed by atoms with E-state index in [0.29, 0.717) is 4.32 Å². The predicted molar refractivity (Wildman–Crippen MR) is 62.6 cm³/mol. The summed E-state index contributed by atoms with van der Waals surface area (Å²) in [5, 5.41) is 0. The van der Waals surface area contributed by atoms with Gasteiger partial charge in [0.1, 0.15) is 0 Å². The largest absolute Gasteiger partial charge is 0.357 e. The van der Waals surface area contributed by atoms with E-state index in [9.17, 15) is 8.42 Å². The molecule has 0 aliphatic rings. The standard InChI is InChI=1S/C7H15NO2S3/c1-4-8(5-2)7(11)12-13(9,10)6-3/h4-6H2,1-3H3. The van der Waals surface area contributed by atoms with Gasteiger partial charge in [0.05, 0.1) is 5.75 Å². The first-order valence-electron chi connectivity index (χ1n) is 4.17. The third-order valence-electron chi connectivity index (χ3n) is 1.57. The summed E-state index contributed by atoms with van der Waals surface area (Å²) in [5.74, 6) is 0.124. The molecule has 0 amide bonds. The lowest BCUT2D eigenvalue weighted by atomic mass is 10.6. The summed E-state index contributed by atoms with van der Waals surface area (Å²) in [6, 6.07) is 0. The minimum atomic E-state index is -3.05. The summed E-state index contributed by atoms with van der Waals surface area (Å²) < 4.78 is 22.8. The molecule has 3 nitrogen and oxygen atoms in total. The van der Waals surface area contributed by atoms with Crippen LogP contribution < -0.4 is 0 Å². The molecule has 0 heterocycles. The van der Waals surface area contributed by atoms with E-state index in [1.54, 1.807) is 6.92 Å². The highest BCUT2D eigenvalue weighted by Gasteiger charge is 2.15. The molecule has 0 saturated heterocycles. The van der Waals surface area contributed by atoms with Crippen LogP contribution in [-0.2, 0) is 8.87 Å². The topological polar surface area (TPSA) is 37.4 Å². The van der Waals surface area contributed by atoms with E-state index in [1.165, 1.54) is 0 Å². The third kappa shape index (κ3) is 4.83. The predicted octanol–water partition coefficient (Wildman–Crippen LogP) is 1.70. The number of hydrogen-bond acceptors (Lipinski definition) is 4. The van der Waals surface area contributed by atoms with Crippen molar-refractivity contribution in [2.75, 3.05) is 18.8 Å². The number of thiocarbonyl (C=S) groups is 1. The van der Waals surface area contributed by atoms with E-state index in [1.807, 2.05) is 18.7 Å². The summed E-state index contributed by atoms with van der Waals surface area (Å²) in [6.45, 7) is 7.03. The Kier molecular flexibility index (Phi) is 5.91. The van der Waals surface area contributed by atoms with E-state index in [4.69, 9.17) is 12.2 Å². The van der Waals surface area contributed by atoms with Crippen molar-refractivity contribution < 1.29 is 8.42 Å². The maximum atomic E-state index is 11.2. The zero-order valence-corrected chi connectivity index (χ0v) is 10.6. The normalized spacial score (nSPS) is 11.3. The van der Waals surface area contributed by atoms with Crippen molar-refractivity contribution >= 4 is 36.2 Å². The summed E-state index contributed by atoms with van der Waals surface area (Å²) in [5.41, 5.74) is 0. The smallest absolute Gasteiger partial charge is 0.208 e. The molecule has 0 unspecified atom stereocenters. The Hall–Kier alpha value is 0.190. The van der Waals surface area contributed by atoms with E-state index >= 15 is 0 Å². The molecule has 0 bridgehead atoms. The van der Waals surface area contributed by atoms with Crippen molar-refractivity contribution in [1.82, 2.24) is 4.90 Å². The van der Waals surface area contributed by atoms with Crippen molar-refractivity contribution in [3.05, 3.63) is 0 Å². The average Bonchev–Trinajstić information content (AvgIpc) is 2.06. The Bertz CT molecular complexity index is 257. The van der Waals surface area contributed by atoms with E-state index < -0.39 is 8.87 Å². The van der Waals surface area contributed by atoms with Crippen LogP contribution in [0.4, 0.5) is 0 Å². The van der Waals surface area contributed by atoms with Crippen LogP contribution in [0.15, 0.2) is 0 Å². The van der Waals surface area contributed by atoms with Gasteiger partial charge in [-0.1, -0.05) is 19.1 Å². The molecule has 0 aromatic heterocycles. The molecule has 13 heavy (non-hydrogen) atoms. The highest BCUT2D eigenvalue weighted by molar-refractivity contribution is 8.79. The number of hydrogen-bond donors (Lipinski definition) is 0. The zero-order chi connectivity index (χ0) is 10.5. The van der Waals surface area contributed by atoms with Crippen LogP contribution in [0.3, 0.4) is 0 Å². The summed E-state index contributed by atoms with van der Waals surface area (Å²) in [6.07, 6.45) is 0. The quantitative estimate of drug-likeness (QED) is 0.553. The first kappa shape index (κ1) is 13.2. The highest BCUT2D eigenvalue weighted by atomic mass is 33.1. The van der Waals surface area contributed by atoms with Gasteiger partial charge in [-0.2, -0.15) is 0 Å². The highest BCUT2D eigenvalue weighted by Crippen LogP contribution is 2.17. The molecule has 0 radical (unpaired) electrons. The fourth-order valence-corrected chi connectivity index (χ4v) is 3.91. The van der Waals surface area contributed by atoms with Gasteiger partial charge >= 0.3 is 0 Å². The lowest BCUT2D eigenvalue weighted by Crippen LogP contribution is -2.27. The Balaban J connectivity index is 4.30. The van der Waals surface area contributed by atoms with E-state index in [-0.39, 0.29) is 5.75 Å². The SMILES string of the molecule is CCN(CC)C(=S)SS(=O)(=O)CC. The molecular formula is C7H15NO2S3. The second-order valence-electron chi connectivity index (χ2n) is 2.37.